The maximum Gasteiger partial charge on any atom is 0.268 e. The molecule has 3 atom stereocenters. The first-order valence-electron chi connectivity index (χ1n) is 42.1. The number of phosphoric ester groups is 1. The minimum absolute atomic E-state index is 0.00322. The number of phosphoric acid groups is 1. The number of allylic oxidation sites excluding steroid dienone is 1. The van der Waals surface area contributed by atoms with Crippen LogP contribution >= 0.6 is 7.82 Å². The monoisotopic (exact) mass is 1320 g/mol. The minimum Gasteiger partial charge on any atom is -0.756 e. The van der Waals surface area contributed by atoms with Gasteiger partial charge < -0.3 is 28.8 Å². The van der Waals surface area contributed by atoms with Crippen LogP contribution in [0.3, 0.4) is 0 Å². The lowest BCUT2D eigenvalue weighted by molar-refractivity contribution is -0.870. The topological polar surface area (TPSA) is 108 Å². The number of carbonyl (C=O) groups excluding carboxylic acids is 1. The average Bonchev–Trinajstić information content (AvgIpc) is 2.74. The van der Waals surface area contributed by atoms with Crippen LogP contribution in [-0.2, 0) is 18.4 Å². The summed E-state index contributed by atoms with van der Waals surface area (Å²) in [6.45, 7) is 4.74. The highest BCUT2D eigenvalue weighted by molar-refractivity contribution is 7.45. The predicted octanol–water partition coefficient (Wildman–Crippen LogP) is 26.9. The molecule has 0 bridgehead atoms. The third-order valence-electron chi connectivity index (χ3n) is 20.0. The van der Waals surface area contributed by atoms with E-state index in [0.717, 1.165) is 38.5 Å². The molecule has 0 aromatic heterocycles. The van der Waals surface area contributed by atoms with E-state index in [9.17, 15) is 19.4 Å². The third-order valence-corrected chi connectivity index (χ3v) is 21.0. The number of quaternary nitrogens is 1. The largest absolute Gasteiger partial charge is 0.756 e. The third kappa shape index (κ3) is 76.6. The van der Waals surface area contributed by atoms with Crippen molar-refractivity contribution in [3.63, 3.8) is 0 Å². The van der Waals surface area contributed by atoms with Gasteiger partial charge in [-0.05, 0) is 19.3 Å². The molecule has 92 heavy (non-hydrogen) atoms. The molecule has 0 spiro atoms. The van der Waals surface area contributed by atoms with Gasteiger partial charge in [-0.1, -0.05) is 450 Å². The molecule has 8 nitrogen and oxygen atoms in total. The second-order valence-electron chi connectivity index (χ2n) is 30.6. The molecule has 0 aliphatic rings. The maximum absolute atomic E-state index is 13.1. The number of unbranched alkanes of at least 4 members (excludes halogenated alkanes) is 67. The van der Waals surface area contributed by atoms with Gasteiger partial charge >= 0.3 is 0 Å². The highest BCUT2D eigenvalue weighted by Crippen LogP contribution is 2.38. The van der Waals surface area contributed by atoms with Gasteiger partial charge in [-0.15, -0.1) is 0 Å². The molecular formula is C83H167N2O6P. The summed E-state index contributed by atoms with van der Waals surface area (Å²) in [7, 11) is 1.29. The van der Waals surface area contributed by atoms with Crippen molar-refractivity contribution in [2.45, 2.75) is 475 Å². The summed E-state index contributed by atoms with van der Waals surface area (Å²) in [5.41, 5.74) is 0. The smallest absolute Gasteiger partial charge is 0.268 e. The molecule has 0 aromatic carbocycles. The zero-order valence-corrected chi connectivity index (χ0v) is 64.2. The molecule has 0 aromatic rings. The Kier molecular flexibility index (Phi) is 73.8. The van der Waals surface area contributed by atoms with Crippen molar-refractivity contribution < 1.29 is 32.9 Å². The summed E-state index contributed by atoms with van der Waals surface area (Å²) < 4.78 is 23.6. The Labute approximate surface area is 577 Å². The summed E-state index contributed by atoms with van der Waals surface area (Å²) >= 11 is 0. The lowest BCUT2D eigenvalue weighted by Crippen LogP contribution is -2.45. The zero-order valence-electron chi connectivity index (χ0n) is 63.3. The van der Waals surface area contributed by atoms with Crippen LogP contribution in [0.25, 0.3) is 0 Å². The highest BCUT2D eigenvalue weighted by Gasteiger charge is 2.23. The molecule has 0 rings (SSSR count). The van der Waals surface area contributed by atoms with E-state index < -0.39 is 20.0 Å². The molecule has 0 saturated heterocycles. The molecule has 0 heterocycles. The van der Waals surface area contributed by atoms with E-state index >= 15 is 0 Å². The summed E-state index contributed by atoms with van der Waals surface area (Å²) in [5, 5.41) is 14.0. The highest BCUT2D eigenvalue weighted by atomic mass is 31.2. The zero-order chi connectivity index (χ0) is 66.9. The van der Waals surface area contributed by atoms with Gasteiger partial charge in [-0.2, -0.15) is 0 Å². The van der Waals surface area contributed by atoms with Crippen molar-refractivity contribution in [3.05, 3.63) is 12.2 Å². The SMILES string of the molecule is CCCCCCCCCCCCCCCCCCCCCCCCCCCCCCCC/C=C/C(O)C(COP(=O)([O-])OCC[N+](C)(C)C)NC(=O)CCCCCCCCCCCCCCCCCCCCCCCCCCCCCCCCCCCCCCCC. The summed E-state index contributed by atoms with van der Waals surface area (Å²) in [4.78, 5) is 25.7. The fourth-order valence-corrected chi connectivity index (χ4v) is 14.2. The van der Waals surface area contributed by atoms with Crippen molar-refractivity contribution in [2.75, 3.05) is 40.9 Å². The van der Waals surface area contributed by atoms with Gasteiger partial charge in [-0.3, -0.25) is 9.36 Å². The van der Waals surface area contributed by atoms with Crippen molar-refractivity contribution >= 4 is 13.7 Å². The molecule has 2 N–H and O–H groups in total. The first-order chi connectivity index (χ1) is 45.0. The molecule has 3 unspecified atom stereocenters. The second-order valence-corrected chi connectivity index (χ2v) is 32.0. The predicted molar refractivity (Wildman–Crippen MR) is 404 cm³/mol. The molecule has 0 aliphatic carbocycles. The van der Waals surface area contributed by atoms with Crippen LogP contribution in [0.5, 0.6) is 0 Å². The fourth-order valence-electron chi connectivity index (χ4n) is 13.5. The van der Waals surface area contributed by atoms with Crippen LogP contribution in [0.4, 0.5) is 0 Å². The molecule has 550 valence electrons. The van der Waals surface area contributed by atoms with Crippen LogP contribution in [0, 0.1) is 0 Å². The summed E-state index contributed by atoms with van der Waals surface area (Å²) in [6.07, 6.45) is 98.4. The Morgan fingerprint density at radius 1 is 0.370 bits per heavy atom. The van der Waals surface area contributed by atoms with E-state index in [-0.39, 0.29) is 19.1 Å². The number of nitrogens with one attached hydrogen (secondary N) is 1. The molecule has 1 amide bonds. The maximum atomic E-state index is 13.1. The number of aliphatic hydroxyl groups excluding tert-OH is 1. The minimum atomic E-state index is -4.61. The van der Waals surface area contributed by atoms with Crippen LogP contribution in [0.15, 0.2) is 12.2 Å². The Morgan fingerprint density at radius 2 is 0.587 bits per heavy atom. The van der Waals surface area contributed by atoms with Crippen molar-refractivity contribution in [1.29, 1.82) is 0 Å². The van der Waals surface area contributed by atoms with Gasteiger partial charge in [0.2, 0.25) is 5.91 Å². The number of aliphatic hydroxyl groups is 1. The van der Waals surface area contributed by atoms with E-state index in [4.69, 9.17) is 9.05 Å². The average molecular weight is 1320 g/mol. The van der Waals surface area contributed by atoms with Crippen molar-refractivity contribution in [1.82, 2.24) is 5.32 Å². The van der Waals surface area contributed by atoms with Crippen LogP contribution in [0.2, 0.25) is 0 Å². The van der Waals surface area contributed by atoms with Gasteiger partial charge in [0, 0.05) is 6.42 Å². The standard InChI is InChI=1S/C83H167N2O6P/c1-6-8-10-12-14-16-18-20-22-24-26-28-30-32-34-36-38-40-41-42-43-44-45-47-49-51-53-55-57-59-61-63-65-67-69-71-73-75-77-83(87)84-81(80-91-92(88,89)90-79-78-85(3,4)5)82(86)76-74-72-70-68-66-64-62-60-58-56-54-52-50-48-46-39-37-35-33-31-29-27-25-23-21-19-17-15-13-11-9-7-2/h74,76,81-82,86H,6-73,75,77-80H2,1-5H3,(H-,84,87,88,89)/b76-74+. The van der Waals surface area contributed by atoms with Crippen LogP contribution in [-0.4, -0.2) is 68.5 Å². The number of carbonyl (C=O) groups is 1. The Hall–Kier alpha value is -0.760. The van der Waals surface area contributed by atoms with Gasteiger partial charge in [0.1, 0.15) is 13.2 Å². The van der Waals surface area contributed by atoms with Crippen LogP contribution in [0.1, 0.15) is 463 Å². The Balaban J connectivity index is 3.89. The van der Waals surface area contributed by atoms with E-state index in [0.29, 0.717) is 17.4 Å². The molecule has 0 fully saturated rings. The molecule has 0 radical (unpaired) electrons. The molecule has 9 heteroatoms. The van der Waals surface area contributed by atoms with E-state index in [2.05, 4.69) is 19.2 Å². The summed E-state index contributed by atoms with van der Waals surface area (Å²) in [6, 6.07) is -0.885. The van der Waals surface area contributed by atoms with Gasteiger partial charge in [0.05, 0.1) is 39.9 Å². The normalized spacial score (nSPS) is 13.4. The lowest BCUT2D eigenvalue weighted by Gasteiger charge is -2.29. The Bertz CT molecular complexity index is 1510. The molecular weight excluding hydrogens is 1150 g/mol. The lowest BCUT2D eigenvalue weighted by atomic mass is 10.0. The van der Waals surface area contributed by atoms with Crippen molar-refractivity contribution in [2.24, 2.45) is 0 Å². The van der Waals surface area contributed by atoms with Gasteiger partial charge in [-0.25, -0.2) is 0 Å². The fraction of sp³-hybridized carbons (Fsp3) is 0.964. The number of likely N-dealkylation sites (N-methyl/N-ethyl adjacent to an activating group) is 1. The molecule has 0 aliphatic heterocycles. The summed E-state index contributed by atoms with van der Waals surface area (Å²) in [5.74, 6) is -0.185. The quantitative estimate of drug-likeness (QED) is 0.0272. The first kappa shape index (κ1) is 91.2. The molecule has 0 saturated carbocycles. The second kappa shape index (κ2) is 74.5. The Morgan fingerprint density at radius 3 is 0.815 bits per heavy atom. The van der Waals surface area contributed by atoms with Crippen LogP contribution < -0.4 is 10.2 Å². The number of rotatable bonds is 80. The number of nitrogens with zero attached hydrogens (tertiary/aromatic N) is 1. The first-order valence-corrected chi connectivity index (χ1v) is 43.5. The van der Waals surface area contributed by atoms with E-state index in [1.54, 1.807) is 6.08 Å². The van der Waals surface area contributed by atoms with Crippen molar-refractivity contribution in [3.8, 4) is 0 Å². The number of amides is 1. The van der Waals surface area contributed by atoms with Gasteiger partial charge in [0.15, 0.2) is 0 Å². The van der Waals surface area contributed by atoms with E-state index in [1.807, 2.05) is 27.2 Å². The van der Waals surface area contributed by atoms with Gasteiger partial charge in [0.25, 0.3) is 7.82 Å². The number of hydrogen-bond donors (Lipinski definition) is 2. The van der Waals surface area contributed by atoms with E-state index in [1.165, 1.54) is 405 Å². The number of hydrogen-bond acceptors (Lipinski definition) is 6.